The second-order valence-electron chi connectivity index (χ2n) is 5.42. The summed E-state index contributed by atoms with van der Waals surface area (Å²) in [5.74, 6) is -2.35. The first-order valence-electron chi connectivity index (χ1n) is 7.68. The van der Waals surface area contributed by atoms with Crippen LogP contribution in [0.15, 0.2) is 36.4 Å². The number of amides is 2. The predicted octanol–water partition coefficient (Wildman–Crippen LogP) is 4.01. The third-order valence-electron chi connectivity index (χ3n) is 3.59. The fraction of sp³-hybridized carbons (Fsp3) is 0.222. The maximum atomic E-state index is 13.4. The normalized spacial score (nSPS) is 10.3. The minimum atomic E-state index is -1.06. The molecule has 2 rings (SSSR count). The Kier molecular flexibility index (Phi) is 6.52. The summed E-state index contributed by atoms with van der Waals surface area (Å²) in [6.07, 6.45) is -0.0395. The van der Waals surface area contributed by atoms with E-state index in [9.17, 15) is 18.4 Å². The van der Waals surface area contributed by atoms with E-state index in [2.05, 4.69) is 5.32 Å². The molecule has 0 aliphatic rings. The zero-order chi connectivity index (χ0) is 19.3. The Morgan fingerprint density at radius 2 is 1.88 bits per heavy atom. The molecular formula is C18H17ClF2N2O3. The van der Waals surface area contributed by atoms with Gasteiger partial charge in [0.25, 0.3) is 0 Å². The van der Waals surface area contributed by atoms with Crippen LogP contribution in [0.1, 0.15) is 13.3 Å². The van der Waals surface area contributed by atoms with Crippen LogP contribution in [0.3, 0.4) is 0 Å². The number of carbonyl (C=O) groups is 2. The highest BCUT2D eigenvalue weighted by Gasteiger charge is 2.16. The monoisotopic (exact) mass is 382 g/mol. The topological polar surface area (TPSA) is 58.6 Å². The van der Waals surface area contributed by atoms with Gasteiger partial charge in [0.1, 0.15) is 5.75 Å². The zero-order valence-corrected chi connectivity index (χ0v) is 14.9. The lowest BCUT2D eigenvalue weighted by molar-refractivity contribution is -0.117. The number of carbonyl (C=O) groups excluding carboxylic acids is 2. The lowest BCUT2D eigenvalue weighted by atomic mass is 10.2. The van der Waals surface area contributed by atoms with Gasteiger partial charge in [-0.05, 0) is 30.3 Å². The SMILES string of the molecule is COc1ccc(NC(=O)CCN(C(C)=O)c2ccc(F)c(F)c2)cc1Cl. The Hall–Kier alpha value is -2.67. The minimum absolute atomic E-state index is 0.0100. The molecule has 0 fully saturated rings. The maximum absolute atomic E-state index is 13.4. The lowest BCUT2D eigenvalue weighted by Crippen LogP contribution is -2.32. The second kappa shape index (κ2) is 8.62. The van der Waals surface area contributed by atoms with Gasteiger partial charge in [0.15, 0.2) is 11.6 Å². The Morgan fingerprint density at radius 1 is 1.15 bits per heavy atom. The second-order valence-corrected chi connectivity index (χ2v) is 5.82. The fourth-order valence-corrected chi connectivity index (χ4v) is 2.56. The number of anilines is 2. The van der Waals surface area contributed by atoms with E-state index in [0.717, 1.165) is 12.1 Å². The van der Waals surface area contributed by atoms with Crippen LogP contribution in [0.5, 0.6) is 5.75 Å². The fourth-order valence-electron chi connectivity index (χ4n) is 2.30. The van der Waals surface area contributed by atoms with Crippen LogP contribution < -0.4 is 15.0 Å². The summed E-state index contributed by atoms with van der Waals surface area (Å²) in [5, 5.41) is 2.99. The number of rotatable bonds is 6. The predicted molar refractivity (Wildman–Crippen MR) is 95.6 cm³/mol. The summed E-state index contributed by atoms with van der Waals surface area (Å²) in [7, 11) is 1.48. The molecule has 0 unspecified atom stereocenters. The van der Waals surface area contributed by atoms with Crippen molar-refractivity contribution >= 4 is 34.8 Å². The molecule has 26 heavy (non-hydrogen) atoms. The lowest BCUT2D eigenvalue weighted by Gasteiger charge is -2.21. The molecule has 0 bridgehead atoms. The van der Waals surface area contributed by atoms with Crippen molar-refractivity contribution in [1.82, 2.24) is 0 Å². The molecule has 0 saturated carbocycles. The zero-order valence-electron chi connectivity index (χ0n) is 14.2. The van der Waals surface area contributed by atoms with E-state index in [0.29, 0.717) is 16.5 Å². The molecule has 2 aromatic rings. The maximum Gasteiger partial charge on any atom is 0.226 e. The Labute approximate surface area is 154 Å². The van der Waals surface area contributed by atoms with Gasteiger partial charge in [0, 0.05) is 37.3 Å². The Morgan fingerprint density at radius 3 is 2.46 bits per heavy atom. The number of halogens is 3. The molecule has 0 aromatic heterocycles. The van der Waals surface area contributed by atoms with Gasteiger partial charge in [-0.1, -0.05) is 11.6 Å². The van der Waals surface area contributed by atoms with Gasteiger partial charge in [-0.15, -0.1) is 0 Å². The number of ether oxygens (including phenoxy) is 1. The highest BCUT2D eigenvalue weighted by Crippen LogP contribution is 2.27. The molecule has 0 saturated heterocycles. The number of hydrogen-bond donors (Lipinski definition) is 1. The number of methoxy groups -OCH3 is 1. The van der Waals surface area contributed by atoms with Gasteiger partial charge in [0.2, 0.25) is 11.8 Å². The molecule has 0 spiro atoms. The van der Waals surface area contributed by atoms with Crippen LogP contribution in [0.4, 0.5) is 20.2 Å². The van der Waals surface area contributed by atoms with Crippen molar-refractivity contribution in [2.75, 3.05) is 23.9 Å². The van der Waals surface area contributed by atoms with E-state index >= 15 is 0 Å². The molecule has 0 atom stereocenters. The van der Waals surface area contributed by atoms with E-state index in [4.69, 9.17) is 16.3 Å². The van der Waals surface area contributed by atoms with E-state index < -0.39 is 17.5 Å². The Balaban J connectivity index is 2.02. The summed E-state index contributed by atoms with van der Waals surface area (Å²) < 4.78 is 31.4. The minimum Gasteiger partial charge on any atom is -0.495 e. The van der Waals surface area contributed by atoms with Crippen LogP contribution >= 0.6 is 11.6 Å². The van der Waals surface area contributed by atoms with Crippen molar-refractivity contribution in [2.45, 2.75) is 13.3 Å². The van der Waals surface area contributed by atoms with E-state index in [1.807, 2.05) is 0 Å². The van der Waals surface area contributed by atoms with Crippen LogP contribution in [0.2, 0.25) is 5.02 Å². The molecule has 0 aliphatic carbocycles. The first-order chi connectivity index (χ1) is 12.3. The average Bonchev–Trinajstić information content (AvgIpc) is 2.58. The summed E-state index contributed by atoms with van der Waals surface area (Å²) in [6.45, 7) is 1.29. The molecule has 0 aliphatic heterocycles. The van der Waals surface area contributed by atoms with Crippen molar-refractivity contribution in [3.05, 3.63) is 53.1 Å². The summed E-state index contributed by atoms with van der Waals surface area (Å²) >= 11 is 5.99. The summed E-state index contributed by atoms with van der Waals surface area (Å²) in [5.41, 5.74) is 0.652. The first kappa shape index (κ1) is 19.7. The molecular weight excluding hydrogens is 366 g/mol. The molecule has 0 heterocycles. The van der Waals surface area contributed by atoms with Crippen molar-refractivity contribution in [3.8, 4) is 5.75 Å². The van der Waals surface area contributed by atoms with Gasteiger partial charge < -0.3 is 15.0 Å². The quantitative estimate of drug-likeness (QED) is 0.821. The van der Waals surface area contributed by atoms with Crippen LogP contribution in [0.25, 0.3) is 0 Å². The highest BCUT2D eigenvalue weighted by molar-refractivity contribution is 6.32. The van der Waals surface area contributed by atoms with Crippen LogP contribution in [0, 0.1) is 11.6 Å². The smallest absolute Gasteiger partial charge is 0.226 e. The number of hydrogen-bond acceptors (Lipinski definition) is 3. The largest absolute Gasteiger partial charge is 0.495 e. The summed E-state index contributed by atoms with van der Waals surface area (Å²) in [4.78, 5) is 25.1. The van der Waals surface area contributed by atoms with Gasteiger partial charge in [-0.25, -0.2) is 8.78 Å². The molecule has 1 N–H and O–H groups in total. The van der Waals surface area contributed by atoms with Gasteiger partial charge in [-0.3, -0.25) is 9.59 Å². The highest BCUT2D eigenvalue weighted by atomic mass is 35.5. The van der Waals surface area contributed by atoms with Crippen LogP contribution in [-0.4, -0.2) is 25.5 Å². The van der Waals surface area contributed by atoms with Gasteiger partial charge >= 0.3 is 0 Å². The third kappa shape index (κ3) is 4.92. The molecule has 8 heteroatoms. The van der Waals surface area contributed by atoms with E-state index in [1.165, 1.54) is 31.1 Å². The third-order valence-corrected chi connectivity index (χ3v) is 3.89. The molecule has 2 aromatic carbocycles. The molecule has 138 valence electrons. The standard InChI is InChI=1S/C18H17ClF2N2O3/c1-11(24)23(13-4-5-15(20)16(21)10-13)8-7-18(25)22-12-3-6-17(26-2)14(19)9-12/h3-6,9-10H,7-8H2,1-2H3,(H,22,25). The van der Waals surface area contributed by atoms with Crippen LogP contribution in [-0.2, 0) is 9.59 Å². The molecule has 5 nitrogen and oxygen atoms in total. The van der Waals surface area contributed by atoms with Crippen molar-refractivity contribution in [3.63, 3.8) is 0 Å². The van der Waals surface area contributed by atoms with Crippen molar-refractivity contribution in [2.24, 2.45) is 0 Å². The average molecular weight is 383 g/mol. The van der Waals surface area contributed by atoms with Crippen molar-refractivity contribution in [1.29, 1.82) is 0 Å². The number of nitrogens with one attached hydrogen (secondary N) is 1. The van der Waals surface area contributed by atoms with Gasteiger partial charge in [0.05, 0.1) is 12.1 Å². The van der Waals surface area contributed by atoms with E-state index in [1.54, 1.807) is 12.1 Å². The number of benzene rings is 2. The Bertz CT molecular complexity index is 830. The molecule has 0 radical (unpaired) electrons. The first-order valence-corrected chi connectivity index (χ1v) is 8.06. The van der Waals surface area contributed by atoms with Crippen molar-refractivity contribution < 1.29 is 23.1 Å². The van der Waals surface area contributed by atoms with E-state index in [-0.39, 0.29) is 24.6 Å². The summed E-state index contributed by atoms with van der Waals surface area (Å²) in [6, 6.07) is 7.90. The number of nitrogens with zero attached hydrogens (tertiary/aromatic N) is 1. The molecule has 2 amide bonds. The van der Waals surface area contributed by atoms with Gasteiger partial charge in [-0.2, -0.15) is 0 Å².